The first-order valence-electron chi connectivity index (χ1n) is 7.36. The summed E-state index contributed by atoms with van der Waals surface area (Å²) in [5.41, 5.74) is 1.48. The van der Waals surface area contributed by atoms with Crippen molar-refractivity contribution >= 4 is 0 Å². The fourth-order valence-electron chi connectivity index (χ4n) is 3.44. The fourth-order valence-corrected chi connectivity index (χ4v) is 3.44. The molecule has 1 nitrogen and oxygen atoms in total. The van der Waals surface area contributed by atoms with Crippen molar-refractivity contribution in [3.63, 3.8) is 0 Å². The molecule has 0 saturated heterocycles. The molecule has 18 heavy (non-hydrogen) atoms. The van der Waals surface area contributed by atoms with Gasteiger partial charge in [-0.05, 0) is 51.5 Å². The smallest absolute Gasteiger partial charge is 0.248 e. The lowest BCUT2D eigenvalue weighted by Crippen LogP contribution is -2.39. The quantitative estimate of drug-likeness (QED) is 0.744. The summed E-state index contributed by atoms with van der Waals surface area (Å²) < 4.78 is 26.4. The van der Waals surface area contributed by atoms with Crippen LogP contribution in [-0.4, -0.2) is 19.0 Å². The number of nitrogens with one attached hydrogen (secondary N) is 1. The average Bonchev–Trinajstić information content (AvgIpc) is 2.61. The minimum absolute atomic E-state index is 0.0725. The van der Waals surface area contributed by atoms with Crippen LogP contribution in [0.3, 0.4) is 0 Å². The molecule has 2 rings (SSSR count). The SMILES string of the molecule is CNC(C1=CCCCCC1)C1CCC(F)(F)CC1. The molecule has 1 fully saturated rings. The van der Waals surface area contributed by atoms with Crippen LogP contribution in [0.25, 0.3) is 0 Å². The molecule has 104 valence electrons. The number of rotatable bonds is 3. The summed E-state index contributed by atoms with van der Waals surface area (Å²) in [6, 6.07) is 0.333. The van der Waals surface area contributed by atoms with Crippen molar-refractivity contribution < 1.29 is 8.78 Å². The number of alkyl halides is 2. The van der Waals surface area contributed by atoms with Gasteiger partial charge in [0.2, 0.25) is 5.92 Å². The summed E-state index contributed by atoms with van der Waals surface area (Å²) in [7, 11) is 1.98. The molecule has 0 aromatic carbocycles. The van der Waals surface area contributed by atoms with E-state index in [1.54, 1.807) is 0 Å². The van der Waals surface area contributed by atoms with Crippen LogP contribution >= 0.6 is 0 Å². The van der Waals surface area contributed by atoms with Crippen molar-refractivity contribution in [3.8, 4) is 0 Å². The molecular weight excluding hydrogens is 232 g/mol. The molecule has 1 unspecified atom stereocenters. The summed E-state index contributed by atoms with van der Waals surface area (Å²) in [6.45, 7) is 0. The Bertz CT molecular complexity index is 289. The van der Waals surface area contributed by atoms with E-state index < -0.39 is 5.92 Å². The van der Waals surface area contributed by atoms with Gasteiger partial charge < -0.3 is 5.32 Å². The molecule has 1 N–H and O–H groups in total. The minimum Gasteiger partial charge on any atom is -0.313 e. The lowest BCUT2D eigenvalue weighted by atomic mass is 9.78. The highest BCUT2D eigenvalue weighted by Gasteiger charge is 2.37. The summed E-state index contributed by atoms with van der Waals surface area (Å²) in [6.07, 6.45) is 9.99. The van der Waals surface area contributed by atoms with Crippen LogP contribution in [0, 0.1) is 5.92 Å². The van der Waals surface area contributed by atoms with Gasteiger partial charge in [-0.1, -0.05) is 18.1 Å². The maximum atomic E-state index is 13.2. The van der Waals surface area contributed by atoms with Crippen molar-refractivity contribution in [1.29, 1.82) is 0 Å². The monoisotopic (exact) mass is 257 g/mol. The molecule has 2 aliphatic rings. The Balaban J connectivity index is 1.98. The van der Waals surface area contributed by atoms with Crippen molar-refractivity contribution in [2.24, 2.45) is 5.92 Å². The standard InChI is InChI=1S/C15H25F2N/c1-18-14(12-6-4-2-3-5-7-12)13-8-10-15(16,17)11-9-13/h6,13-14,18H,2-5,7-11H2,1H3. The molecule has 2 aliphatic carbocycles. The van der Waals surface area contributed by atoms with Gasteiger partial charge in [0.15, 0.2) is 0 Å². The van der Waals surface area contributed by atoms with E-state index in [1.165, 1.54) is 24.8 Å². The van der Waals surface area contributed by atoms with E-state index in [0.29, 0.717) is 24.8 Å². The Morgan fingerprint density at radius 2 is 1.94 bits per heavy atom. The van der Waals surface area contributed by atoms with Crippen molar-refractivity contribution in [1.82, 2.24) is 5.32 Å². The number of halogens is 2. The number of likely N-dealkylation sites (N-methyl/N-ethyl adjacent to an activating group) is 1. The zero-order valence-electron chi connectivity index (χ0n) is 11.4. The molecule has 0 radical (unpaired) electrons. The number of hydrogen-bond acceptors (Lipinski definition) is 1. The second-order valence-corrected chi connectivity index (χ2v) is 5.84. The molecule has 3 heteroatoms. The van der Waals surface area contributed by atoms with Gasteiger partial charge in [0, 0.05) is 18.9 Å². The molecule has 0 aromatic rings. The Kier molecular flexibility index (Phi) is 4.77. The molecule has 0 aliphatic heterocycles. The predicted molar refractivity (Wildman–Crippen MR) is 70.9 cm³/mol. The van der Waals surface area contributed by atoms with Gasteiger partial charge in [-0.25, -0.2) is 8.78 Å². The van der Waals surface area contributed by atoms with Gasteiger partial charge in [-0.3, -0.25) is 0 Å². The van der Waals surface area contributed by atoms with E-state index in [2.05, 4.69) is 11.4 Å². The number of hydrogen-bond donors (Lipinski definition) is 1. The molecule has 0 heterocycles. The van der Waals surface area contributed by atoms with E-state index in [9.17, 15) is 8.78 Å². The van der Waals surface area contributed by atoms with Gasteiger partial charge in [0.25, 0.3) is 0 Å². The van der Waals surface area contributed by atoms with Gasteiger partial charge in [-0.2, -0.15) is 0 Å². The lowest BCUT2D eigenvalue weighted by Gasteiger charge is -2.35. The highest BCUT2D eigenvalue weighted by Crippen LogP contribution is 2.39. The van der Waals surface area contributed by atoms with Crippen LogP contribution in [0.2, 0.25) is 0 Å². The van der Waals surface area contributed by atoms with Gasteiger partial charge in [0.1, 0.15) is 0 Å². The molecule has 1 atom stereocenters. The molecule has 0 bridgehead atoms. The Morgan fingerprint density at radius 1 is 1.22 bits per heavy atom. The molecular formula is C15H25F2N. The first-order valence-corrected chi connectivity index (χ1v) is 7.36. The lowest BCUT2D eigenvalue weighted by molar-refractivity contribution is -0.0481. The van der Waals surface area contributed by atoms with Crippen molar-refractivity contribution in [3.05, 3.63) is 11.6 Å². The molecule has 1 saturated carbocycles. The molecule has 0 amide bonds. The highest BCUT2D eigenvalue weighted by molar-refractivity contribution is 5.14. The maximum absolute atomic E-state index is 13.2. The zero-order valence-corrected chi connectivity index (χ0v) is 11.4. The zero-order chi connectivity index (χ0) is 13.0. The Labute approximate surface area is 109 Å². The van der Waals surface area contributed by atoms with Crippen LogP contribution < -0.4 is 5.32 Å². The largest absolute Gasteiger partial charge is 0.313 e. The predicted octanol–water partition coefficient (Wildman–Crippen LogP) is 4.29. The summed E-state index contributed by atoms with van der Waals surface area (Å²) in [5.74, 6) is -2.01. The van der Waals surface area contributed by atoms with Crippen molar-refractivity contribution in [2.45, 2.75) is 69.8 Å². The third-order valence-electron chi connectivity index (χ3n) is 4.52. The molecule has 0 aromatic heterocycles. The third kappa shape index (κ3) is 3.53. The van der Waals surface area contributed by atoms with E-state index in [0.717, 1.165) is 12.8 Å². The summed E-state index contributed by atoms with van der Waals surface area (Å²) in [4.78, 5) is 0. The number of allylic oxidation sites excluding steroid dienone is 1. The first-order chi connectivity index (χ1) is 8.62. The van der Waals surface area contributed by atoms with Gasteiger partial charge in [-0.15, -0.1) is 0 Å². The van der Waals surface area contributed by atoms with Gasteiger partial charge >= 0.3 is 0 Å². The topological polar surface area (TPSA) is 12.0 Å². The summed E-state index contributed by atoms with van der Waals surface area (Å²) >= 11 is 0. The van der Waals surface area contributed by atoms with Crippen LogP contribution in [0.1, 0.15) is 57.8 Å². The van der Waals surface area contributed by atoms with Crippen LogP contribution in [-0.2, 0) is 0 Å². The minimum atomic E-state index is -2.41. The van der Waals surface area contributed by atoms with E-state index in [1.807, 2.05) is 7.05 Å². The average molecular weight is 257 g/mol. The normalized spacial score (nSPS) is 27.4. The van der Waals surface area contributed by atoms with E-state index in [4.69, 9.17) is 0 Å². The second kappa shape index (κ2) is 6.14. The van der Waals surface area contributed by atoms with E-state index >= 15 is 0 Å². The van der Waals surface area contributed by atoms with Gasteiger partial charge in [0.05, 0.1) is 0 Å². The third-order valence-corrected chi connectivity index (χ3v) is 4.52. The fraction of sp³-hybridized carbons (Fsp3) is 0.867. The van der Waals surface area contributed by atoms with Crippen molar-refractivity contribution in [2.75, 3.05) is 7.05 Å². The first kappa shape index (κ1) is 14.0. The van der Waals surface area contributed by atoms with Crippen LogP contribution in [0.15, 0.2) is 11.6 Å². The van der Waals surface area contributed by atoms with Crippen LogP contribution in [0.4, 0.5) is 8.78 Å². The Morgan fingerprint density at radius 3 is 2.61 bits per heavy atom. The maximum Gasteiger partial charge on any atom is 0.248 e. The highest BCUT2D eigenvalue weighted by atomic mass is 19.3. The van der Waals surface area contributed by atoms with Crippen LogP contribution in [0.5, 0.6) is 0 Å². The Hall–Kier alpha value is -0.440. The van der Waals surface area contributed by atoms with E-state index in [-0.39, 0.29) is 12.8 Å². The molecule has 0 spiro atoms. The summed E-state index contributed by atoms with van der Waals surface area (Å²) in [5, 5.41) is 3.38. The second-order valence-electron chi connectivity index (χ2n) is 5.84.